The van der Waals surface area contributed by atoms with Crippen LogP contribution in [0, 0.1) is 11.7 Å². The van der Waals surface area contributed by atoms with E-state index in [1.165, 1.54) is 12.3 Å². The SMILES string of the molecule is CC(C)C[C@](C)(N)COc1ccc(-c2c[nH]c3ncc(F)cc23)cn1. The van der Waals surface area contributed by atoms with Crippen LogP contribution in [0.4, 0.5) is 4.39 Å². The minimum Gasteiger partial charge on any atom is -0.476 e. The lowest BCUT2D eigenvalue weighted by Crippen LogP contribution is -2.43. The average Bonchev–Trinajstić information content (AvgIpc) is 2.95. The molecule has 0 unspecified atom stereocenters. The molecule has 0 saturated carbocycles. The molecular weight excluding hydrogens is 319 g/mol. The van der Waals surface area contributed by atoms with Crippen LogP contribution in [-0.4, -0.2) is 27.1 Å². The van der Waals surface area contributed by atoms with Crippen molar-refractivity contribution < 1.29 is 9.13 Å². The lowest BCUT2D eigenvalue weighted by molar-refractivity contribution is 0.200. The van der Waals surface area contributed by atoms with Gasteiger partial charge in [0.1, 0.15) is 18.1 Å². The van der Waals surface area contributed by atoms with Crippen LogP contribution in [0.3, 0.4) is 0 Å². The van der Waals surface area contributed by atoms with Crippen molar-refractivity contribution in [2.45, 2.75) is 32.7 Å². The van der Waals surface area contributed by atoms with Gasteiger partial charge in [-0.2, -0.15) is 0 Å². The van der Waals surface area contributed by atoms with Gasteiger partial charge in [0.25, 0.3) is 0 Å². The number of rotatable bonds is 6. The van der Waals surface area contributed by atoms with Crippen LogP contribution in [0.2, 0.25) is 0 Å². The lowest BCUT2D eigenvalue weighted by atomic mass is 9.93. The van der Waals surface area contributed by atoms with E-state index in [1.807, 2.05) is 13.0 Å². The second-order valence-corrected chi connectivity index (χ2v) is 7.18. The Morgan fingerprint density at radius 2 is 2.08 bits per heavy atom. The molecular formula is C19H23FN4O. The molecule has 0 bridgehead atoms. The number of H-pyrrole nitrogens is 1. The Kier molecular flexibility index (Phi) is 4.72. The zero-order valence-corrected chi connectivity index (χ0v) is 14.7. The summed E-state index contributed by atoms with van der Waals surface area (Å²) in [6, 6.07) is 5.16. The molecule has 0 fully saturated rings. The molecule has 5 nitrogen and oxygen atoms in total. The summed E-state index contributed by atoms with van der Waals surface area (Å²) >= 11 is 0. The van der Waals surface area contributed by atoms with Gasteiger partial charge in [0.05, 0.1) is 6.20 Å². The normalized spacial score (nSPS) is 14.0. The molecule has 0 aliphatic heterocycles. The van der Waals surface area contributed by atoms with Gasteiger partial charge in [-0.15, -0.1) is 0 Å². The maximum absolute atomic E-state index is 13.5. The number of aromatic amines is 1. The molecule has 0 aromatic carbocycles. The first-order valence-electron chi connectivity index (χ1n) is 8.35. The first kappa shape index (κ1) is 17.4. The summed E-state index contributed by atoms with van der Waals surface area (Å²) in [6.45, 7) is 6.66. The van der Waals surface area contributed by atoms with Crippen molar-refractivity contribution in [3.05, 3.63) is 42.6 Å². The van der Waals surface area contributed by atoms with Crippen molar-refractivity contribution in [3.8, 4) is 17.0 Å². The van der Waals surface area contributed by atoms with Crippen LogP contribution in [0.25, 0.3) is 22.2 Å². The Bertz CT molecular complexity index is 855. The Labute approximate surface area is 146 Å². The van der Waals surface area contributed by atoms with Gasteiger partial charge in [-0.05, 0) is 31.4 Å². The molecule has 0 saturated heterocycles. The number of pyridine rings is 2. The van der Waals surface area contributed by atoms with E-state index in [0.717, 1.165) is 22.9 Å². The number of nitrogens with one attached hydrogen (secondary N) is 1. The predicted octanol–water partition coefficient (Wildman–Crippen LogP) is 3.91. The molecule has 3 rings (SSSR count). The van der Waals surface area contributed by atoms with E-state index in [9.17, 15) is 4.39 Å². The highest BCUT2D eigenvalue weighted by atomic mass is 19.1. The van der Waals surface area contributed by atoms with Crippen molar-refractivity contribution in [3.63, 3.8) is 0 Å². The van der Waals surface area contributed by atoms with E-state index >= 15 is 0 Å². The van der Waals surface area contributed by atoms with E-state index in [-0.39, 0.29) is 5.82 Å². The number of ether oxygens (including phenoxy) is 1. The summed E-state index contributed by atoms with van der Waals surface area (Å²) in [5, 5.41) is 0.724. The number of fused-ring (bicyclic) bond motifs is 1. The molecule has 6 heteroatoms. The zero-order valence-electron chi connectivity index (χ0n) is 14.7. The quantitative estimate of drug-likeness (QED) is 0.712. The third kappa shape index (κ3) is 4.14. The molecule has 0 amide bonds. The monoisotopic (exact) mass is 342 g/mol. The number of halogens is 1. The van der Waals surface area contributed by atoms with Crippen LogP contribution in [-0.2, 0) is 0 Å². The zero-order chi connectivity index (χ0) is 18.0. The molecule has 25 heavy (non-hydrogen) atoms. The molecule has 3 N–H and O–H groups in total. The van der Waals surface area contributed by atoms with Crippen LogP contribution in [0.15, 0.2) is 36.8 Å². The molecule has 3 heterocycles. The summed E-state index contributed by atoms with van der Waals surface area (Å²) in [5.74, 6) is 0.659. The van der Waals surface area contributed by atoms with Crippen molar-refractivity contribution in [2.24, 2.45) is 11.7 Å². The third-order valence-corrected chi connectivity index (χ3v) is 3.97. The van der Waals surface area contributed by atoms with E-state index < -0.39 is 5.54 Å². The highest BCUT2D eigenvalue weighted by Crippen LogP contribution is 2.28. The number of hydrogen-bond acceptors (Lipinski definition) is 4. The summed E-state index contributed by atoms with van der Waals surface area (Å²) in [5.41, 5.74) is 8.21. The van der Waals surface area contributed by atoms with E-state index in [2.05, 4.69) is 28.8 Å². The first-order valence-corrected chi connectivity index (χ1v) is 8.35. The topological polar surface area (TPSA) is 76.8 Å². The smallest absolute Gasteiger partial charge is 0.213 e. The average molecular weight is 342 g/mol. The largest absolute Gasteiger partial charge is 0.476 e. The molecule has 132 valence electrons. The fourth-order valence-electron chi connectivity index (χ4n) is 3.07. The maximum atomic E-state index is 13.5. The van der Waals surface area contributed by atoms with Crippen molar-refractivity contribution in [1.29, 1.82) is 0 Å². The first-order chi connectivity index (χ1) is 11.8. The molecule has 3 aromatic rings. The van der Waals surface area contributed by atoms with Gasteiger partial charge in [0.2, 0.25) is 5.88 Å². The van der Waals surface area contributed by atoms with Crippen molar-refractivity contribution >= 4 is 11.0 Å². The Morgan fingerprint density at radius 3 is 2.76 bits per heavy atom. The van der Waals surface area contributed by atoms with Gasteiger partial charge in [-0.25, -0.2) is 14.4 Å². The summed E-state index contributed by atoms with van der Waals surface area (Å²) in [4.78, 5) is 11.4. The summed E-state index contributed by atoms with van der Waals surface area (Å²) in [7, 11) is 0. The fourth-order valence-corrected chi connectivity index (χ4v) is 3.07. The second kappa shape index (κ2) is 6.80. The van der Waals surface area contributed by atoms with Crippen LogP contribution < -0.4 is 10.5 Å². The van der Waals surface area contributed by atoms with Crippen LogP contribution in [0.5, 0.6) is 5.88 Å². The minimum atomic E-state index is -0.394. The Balaban J connectivity index is 1.75. The van der Waals surface area contributed by atoms with E-state index in [0.29, 0.717) is 24.1 Å². The highest BCUT2D eigenvalue weighted by Gasteiger charge is 2.21. The molecule has 3 aromatic heterocycles. The van der Waals surface area contributed by atoms with Crippen molar-refractivity contribution in [2.75, 3.05) is 6.61 Å². The number of aromatic nitrogens is 3. The molecule has 0 spiro atoms. The predicted molar refractivity (Wildman–Crippen MR) is 96.8 cm³/mol. The summed E-state index contributed by atoms with van der Waals surface area (Å²) < 4.78 is 19.2. The van der Waals surface area contributed by atoms with E-state index in [1.54, 1.807) is 18.5 Å². The Morgan fingerprint density at radius 1 is 1.28 bits per heavy atom. The number of hydrogen-bond donors (Lipinski definition) is 2. The van der Waals surface area contributed by atoms with Gasteiger partial charge in [0.15, 0.2) is 0 Å². The van der Waals surface area contributed by atoms with Gasteiger partial charge in [-0.3, -0.25) is 0 Å². The summed E-state index contributed by atoms with van der Waals surface area (Å²) in [6.07, 6.45) is 5.57. The third-order valence-electron chi connectivity index (χ3n) is 3.97. The number of nitrogens with zero attached hydrogens (tertiary/aromatic N) is 2. The van der Waals surface area contributed by atoms with Gasteiger partial charge in [0, 0.05) is 40.5 Å². The van der Waals surface area contributed by atoms with Crippen LogP contribution >= 0.6 is 0 Å². The molecule has 0 radical (unpaired) electrons. The van der Waals surface area contributed by atoms with Gasteiger partial charge in [-0.1, -0.05) is 13.8 Å². The molecule has 0 aliphatic carbocycles. The Hall–Kier alpha value is -2.47. The number of nitrogens with two attached hydrogens (primary N) is 1. The van der Waals surface area contributed by atoms with Gasteiger partial charge < -0.3 is 15.5 Å². The minimum absolute atomic E-state index is 0.367. The maximum Gasteiger partial charge on any atom is 0.213 e. The second-order valence-electron chi connectivity index (χ2n) is 7.18. The highest BCUT2D eigenvalue weighted by molar-refractivity contribution is 5.93. The van der Waals surface area contributed by atoms with Crippen molar-refractivity contribution in [1.82, 2.24) is 15.0 Å². The lowest BCUT2D eigenvalue weighted by Gasteiger charge is -2.26. The molecule has 1 atom stereocenters. The van der Waals surface area contributed by atoms with E-state index in [4.69, 9.17) is 10.5 Å². The van der Waals surface area contributed by atoms with Crippen LogP contribution in [0.1, 0.15) is 27.2 Å². The molecule has 0 aliphatic rings. The standard InChI is InChI=1S/C19H23FN4O/c1-12(2)7-19(3,21)11-25-17-5-4-13(8-22-17)16-10-24-18-15(16)6-14(20)9-23-18/h4-6,8-10,12H,7,11,21H2,1-3H3,(H,23,24)/t19-/m0/s1. The fraction of sp³-hybridized carbons (Fsp3) is 0.368. The van der Waals surface area contributed by atoms with Gasteiger partial charge >= 0.3 is 0 Å².